The van der Waals surface area contributed by atoms with Crippen LogP contribution in [0.5, 0.6) is 5.75 Å². The van der Waals surface area contributed by atoms with E-state index in [9.17, 15) is 4.39 Å². The molecule has 1 aromatic carbocycles. The topological polar surface area (TPSA) is 24.5 Å². The summed E-state index contributed by atoms with van der Waals surface area (Å²) in [6.07, 6.45) is 0.855. The summed E-state index contributed by atoms with van der Waals surface area (Å²) in [5.41, 5.74) is 1.02. The number of hydrogen-bond acceptors (Lipinski definition) is 3. The van der Waals surface area contributed by atoms with Crippen LogP contribution in [-0.2, 0) is 6.42 Å². The first-order valence-corrected chi connectivity index (χ1v) is 6.52. The molecule has 1 aliphatic heterocycles. The molecule has 1 N–H and O–H groups in total. The van der Waals surface area contributed by atoms with Gasteiger partial charge in [-0.15, -0.1) is 0 Å². The van der Waals surface area contributed by atoms with Crippen LogP contribution in [-0.4, -0.2) is 44.2 Å². The lowest BCUT2D eigenvalue weighted by atomic mass is 10.0. The Labute approximate surface area is 108 Å². The molecule has 1 saturated heterocycles. The van der Waals surface area contributed by atoms with E-state index < -0.39 is 0 Å². The maximum absolute atomic E-state index is 13.7. The number of benzene rings is 1. The van der Waals surface area contributed by atoms with E-state index in [1.54, 1.807) is 12.1 Å². The largest absolute Gasteiger partial charge is 0.491 e. The number of nitrogens with zero attached hydrogens (tertiary/aromatic N) is 1. The first-order chi connectivity index (χ1) is 8.69. The van der Waals surface area contributed by atoms with Crippen molar-refractivity contribution in [3.05, 3.63) is 29.6 Å². The van der Waals surface area contributed by atoms with Crippen LogP contribution in [0.25, 0.3) is 0 Å². The molecule has 1 aliphatic rings. The molecule has 3 nitrogen and oxygen atoms in total. The van der Waals surface area contributed by atoms with Gasteiger partial charge in [0, 0.05) is 25.7 Å². The zero-order chi connectivity index (χ0) is 13.0. The maximum Gasteiger partial charge on any atom is 0.165 e. The predicted octanol–water partition coefficient (Wildman–Crippen LogP) is 1.67. The van der Waals surface area contributed by atoms with E-state index in [1.807, 2.05) is 13.0 Å². The van der Waals surface area contributed by atoms with E-state index in [1.165, 1.54) is 0 Å². The molecule has 1 aromatic rings. The summed E-state index contributed by atoms with van der Waals surface area (Å²) < 4.78 is 18.9. The standard InChI is InChI=1S/C14H21FN2O/c1-3-18-14-5-4-11(9-13(14)15)8-12-10-17(2)7-6-16-12/h4-5,9,12,16H,3,6-8,10H2,1-2H3. The maximum atomic E-state index is 13.7. The van der Waals surface area contributed by atoms with Gasteiger partial charge in [-0.1, -0.05) is 6.07 Å². The van der Waals surface area contributed by atoms with Crippen molar-refractivity contribution in [2.75, 3.05) is 33.3 Å². The van der Waals surface area contributed by atoms with Crippen molar-refractivity contribution in [1.82, 2.24) is 10.2 Å². The zero-order valence-corrected chi connectivity index (χ0v) is 11.1. The van der Waals surface area contributed by atoms with Gasteiger partial charge in [-0.25, -0.2) is 4.39 Å². The lowest BCUT2D eigenvalue weighted by Crippen LogP contribution is -2.49. The van der Waals surface area contributed by atoms with Crippen molar-refractivity contribution in [2.24, 2.45) is 0 Å². The third-order valence-electron chi connectivity index (χ3n) is 3.24. The fraction of sp³-hybridized carbons (Fsp3) is 0.571. The average Bonchev–Trinajstić information content (AvgIpc) is 2.33. The summed E-state index contributed by atoms with van der Waals surface area (Å²) in [5.74, 6) is 0.0773. The van der Waals surface area contributed by atoms with E-state index >= 15 is 0 Å². The Morgan fingerprint density at radius 3 is 3.00 bits per heavy atom. The Morgan fingerprint density at radius 1 is 1.50 bits per heavy atom. The number of hydrogen-bond donors (Lipinski definition) is 1. The first kappa shape index (κ1) is 13.3. The summed E-state index contributed by atoms with van der Waals surface area (Å²) in [6.45, 7) is 5.43. The molecule has 0 radical (unpaired) electrons. The van der Waals surface area contributed by atoms with Gasteiger partial charge in [0.05, 0.1) is 6.61 Å². The van der Waals surface area contributed by atoms with Crippen LogP contribution in [0.2, 0.25) is 0 Å². The Hall–Kier alpha value is -1.13. The van der Waals surface area contributed by atoms with Crippen LogP contribution < -0.4 is 10.1 Å². The van der Waals surface area contributed by atoms with Gasteiger partial charge in [-0.05, 0) is 38.1 Å². The van der Waals surface area contributed by atoms with Crippen LogP contribution in [0.15, 0.2) is 18.2 Å². The number of likely N-dealkylation sites (N-methyl/N-ethyl adjacent to an activating group) is 1. The van der Waals surface area contributed by atoms with Gasteiger partial charge in [-0.3, -0.25) is 0 Å². The van der Waals surface area contributed by atoms with Crippen molar-refractivity contribution >= 4 is 0 Å². The zero-order valence-electron chi connectivity index (χ0n) is 11.1. The smallest absolute Gasteiger partial charge is 0.165 e. The molecule has 0 aromatic heterocycles. The second-order valence-corrected chi connectivity index (χ2v) is 4.82. The van der Waals surface area contributed by atoms with Crippen molar-refractivity contribution in [3.8, 4) is 5.75 Å². The molecule has 0 amide bonds. The summed E-state index contributed by atoms with van der Waals surface area (Å²) in [6, 6.07) is 5.66. The van der Waals surface area contributed by atoms with Gasteiger partial charge in [0.25, 0.3) is 0 Å². The molecule has 100 valence electrons. The quantitative estimate of drug-likeness (QED) is 0.882. The molecule has 0 bridgehead atoms. The molecule has 4 heteroatoms. The minimum atomic E-state index is -0.265. The molecular formula is C14H21FN2O. The minimum Gasteiger partial charge on any atom is -0.491 e. The van der Waals surface area contributed by atoms with E-state index in [4.69, 9.17) is 4.74 Å². The lowest BCUT2D eigenvalue weighted by molar-refractivity contribution is 0.238. The third-order valence-corrected chi connectivity index (χ3v) is 3.24. The van der Waals surface area contributed by atoms with Crippen molar-refractivity contribution in [1.29, 1.82) is 0 Å². The van der Waals surface area contributed by atoms with Crippen LogP contribution in [0, 0.1) is 5.82 Å². The van der Waals surface area contributed by atoms with Gasteiger partial charge in [0.2, 0.25) is 0 Å². The molecule has 18 heavy (non-hydrogen) atoms. The fourth-order valence-corrected chi connectivity index (χ4v) is 2.36. The number of ether oxygens (including phenoxy) is 1. The highest BCUT2D eigenvalue weighted by Crippen LogP contribution is 2.19. The van der Waals surface area contributed by atoms with E-state index in [0.717, 1.165) is 31.6 Å². The minimum absolute atomic E-state index is 0.265. The SMILES string of the molecule is CCOc1ccc(CC2CN(C)CCN2)cc1F. The summed E-state index contributed by atoms with van der Waals surface area (Å²) >= 11 is 0. The molecule has 0 saturated carbocycles. The van der Waals surface area contributed by atoms with E-state index in [2.05, 4.69) is 17.3 Å². The van der Waals surface area contributed by atoms with Gasteiger partial charge in [-0.2, -0.15) is 0 Å². The van der Waals surface area contributed by atoms with Gasteiger partial charge in [0.15, 0.2) is 11.6 Å². The molecular weight excluding hydrogens is 231 g/mol. The van der Waals surface area contributed by atoms with Gasteiger partial charge < -0.3 is 15.0 Å². The second-order valence-electron chi connectivity index (χ2n) is 4.82. The highest BCUT2D eigenvalue weighted by Gasteiger charge is 2.17. The normalized spacial score (nSPS) is 20.9. The Kier molecular flexibility index (Phi) is 4.55. The molecule has 2 rings (SSSR count). The van der Waals surface area contributed by atoms with Gasteiger partial charge in [0.1, 0.15) is 0 Å². The Morgan fingerprint density at radius 2 is 2.33 bits per heavy atom. The highest BCUT2D eigenvalue weighted by molar-refractivity contribution is 5.30. The van der Waals surface area contributed by atoms with Crippen molar-refractivity contribution in [3.63, 3.8) is 0 Å². The summed E-state index contributed by atoms with van der Waals surface area (Å²) in [4.78, 5) is 2.30. The third kappa shape index (κ3) is 3.43. The van der Waals surface area contributed by atoms with E-state index in [0.29, 0.717) is 18.4 Å². The monoisotopic (exact) mass is 252 g/mol. The Balaban J connectivity index is 1.99. The highest BCUT2D eigenvalue weighted by atomic mass is 19.1. The first-order valence-electron chi connectivity index (χ1n) is 6.52. The molecule has 0 aliphatic carbocycles. The van der Waals surface area contributed by atoms with Crippen molar-refractivity contribution < 1.29 is 9.13 Å². The Bertz CT molecular complexity index is 397. The molecule has 0 spiro atoms. The predicted molar refractivity (Wildman–Crippen MR) is 70.6 cm³/mol. The van der Waals surface area contributed by atoms with Crippen LogP contribution in [0.1, 0.15) is 12.5 Å². The van der Waals surface area contributed by atoms with E-state index in [-0.39, 0.29) is 5.82 Å². The van der Waals surface area contributed by atoms with Crippen LogP contribution in [0.3, 0.4) is 0 Å². The number of halogens is 1. The van der Waals surface area contributed by atoms with Crippen LogP contribution in [0.4, 0.5) is 4.39 Å². The lowest BCUT2D eigenvalue weighted by Gasteiger charge is -2.31. The fourth-order valence-electron chi connectivity index (χ4n) is 2.36. The number of rotatable bonds is 4. The molecule has 1 fully saturated rings. The summed E-state index contributed by atoms with van der Waals surface area (Å²) in [5, 5.41) is 3.46. The van der Waals surface area contributed by atoms with Crippen molar-refractivity contribution in [2.45, 2.75) is 19.4 Å². The number of piperazine rings is 1. The molecule has 1 atom stereocenters. The average molecular weight is 252 g/mol. The number of nitrogens with one attached hydrogen (secondary N) is 1. The van der Waals surface area contributed by atoms with Gasteiger partial charge >= 0.3 is 0 Å². The molecule has 1 unspecified atom stereocenters. The second kappa shape index (κ2) is 6.16. The molecule has 1 heterocycles. The van der Waals surface area contributed by atoms with Crippen LogP contribution >= 0.6 is 0 Å². The summed E-state index contributed by atoms with van der Waals surface area (Å²) in [7, 11) is 2.12.